The van der Waals surface area contributed by atoms with Gasteiger partial charge in [0, 0.05) is 6.42 Å². The summed E-state index contributed by atoms with van der Waals surface area (Å²) in [6, 6.07) is 5.96. The van der Waals surface area contributed by atoms with Crippen molar-refractivity contribution in [3.63, 3.8) is 0 Å². The summed E-state index contributed by atoms with van der Waals surface area (Å²) < 4.78 is 16.0. The van der Waals surface area contributed by atoms with Gasteiger partial charge in [-0.15, -0.1) is 0 Å². The highest BCUT2D eigenvalue weighted by molar-refractivity contribution is 5.43. The van der Waals surface area contributed by atoms with Gasteiger partial charge in [-0.05, 0) is 17.7 Å². The molecule has 0 fully saturated rings. The van der Waals surface area contributed by atoms with Gasteiger partial charge in [0.1, 0.15) is 0 Å². The van der Waals surface area contributed by atoms with Gasteiger partial charge in [-0.2, -0.15) is 0 Å². The van der Waals surface area contributed by atoms with E-state index < -0.39 is 0 Å². The van der Waals surface area contributed by atoms with Crippen molar-refractivity contribution in [3.8, 4) is 11.5 Å². The van der Waals surface area contributed by atoms with E-state index in [0.29, 0.717) is 0 Å². The van der Waals surface area contributed by atoms with E-state index in [1.54, 1.807) is 14.2 Å². The lowest BCUT2D eigenvalue weighted by molar-refractivity contribution is 0.128. The molecule has 1 heterocycles. The van der Waals surface area contributed by atoms with Crippen LogP contribution in [0.4, 0.5) is 0 Å². The number of hydrogen-bond donors (Lipinski definition) is 0. The normalized spacial score (nSPS) is 18.8. The summed E-state index contributed by atoms with van der Waals surface area (Å²) in [5, 5.41) is 0. The van der Waals surface area contributed by atoms with Crippen molar-refractivity contribution in [3.05, 3.63) is 35.9 Å². The molecule has 1 aliphatic heterocycles. The zero-order valence-electron chi connectivity index (χ0n) is 9.60. The Bertz CT molecular complexity index is 385. The lowest BCUT2D eigenvalue weighted by atomic mass is 10.1. The highest BCUT2D eigenvalue weighted by Gasteiger charge is 2.12. The van der Waals surface area contributed by atoms with Gasteiger partial charge >= 0.3 is 0 Å². The van der Waals surface area contributed by atoms with Gasteiger partial charge in [-0.3, -0.25) is 0 Å². The monoisotopic (exact) mass is 220 g/mol. The Morgan fingerprint density at radius 1 is 1.25 bits per heavy atom. The summed E-state index contributed by atoms with van der Waals surface area (Å²) in [5.41, 5.74) is 1.19. The topological polar surface area (TPSA) is 27.7 Å². The van der Waals surface area contributed by atoms with Crippen molar-refractivity contribution in [1.82, 2.24) is 0 Å². The van der Waals surface area contributed by atoms with E-state index in [1.807, 2.05) is 24.3 Å². The maximum Gasteiger partial charge on any atom is 0.160 e. The second kappa shape index (κ2) is 5.03. The lowest BCUT2D eigenvalue weighted by Crippen LogP contribution is -2.08. The van der Waals surface area contributed by atoms with Gasteiger partial charge < -0.3 is 14.2 Å². The molecule has 16 heavy (non-hydrogen) atoms. The second-order valence-corrected chi connectivity index (χ2v) is 3.69. The van der Waals surface area contributed by atoms with Crippen LogP contribution in [0.1, 0.15) is 5.56 Å². The molecule has 0 amide bonds. The van der Waals surface area contributed by atoms with E-state index in [1.165, 1.54) is 5.56 Å². The quantitative estimate of drug-likeness (QED) is 0.728. The van der Waals surface area contributed by atoms with Crippen LogP contribution in [0.3, 0.4) is 0 Å². The molecule has 0 N–H and O–H groups in total. The van der Waals surface area contributed by atoms with Gasteiger partial charge in [-0.1, -0.05) is 18.2 Å². The smallest absolute Gasteiger partial charge is 0.160 e. The second-order valence-electron chi connectivity index (χ2n) is 3.69. The first-order valence-corrected chi connectivity index (χ1v) is 5.32. The Balaban J connectivity index is 2.12. The third-order valence-electron chi connectivity index (χ3n) is 2.64. The van der Waals surface area contributed by atoms with Gasteiger partial charge in [0.15, 0.2) is 11.5 Å². The van der Waals surface area contributed by atoms with Gasteiger partial charge in [-0.25, -0.2) is 0 Å². The Morgan fingerprint density at radius 3 is 2.69 bits per heavy atom. The summed E-state index contributed by atoms with van der Waals surface area (Å²) in [4.78, 5) is 0. The first-order chi connectivity index (χ1) is 7.83. The predicted octanol–water partition coefficient (Wildman–Crippen LogP) is 2.20. The fourth-order valence-corrected chi connectivity index (χ4v) is 1.81. The molecule has 0 aliphatic carbocycles. The van der Waals surface area contributed by atoms with Crippen LogP contribution in [0.5, 0.6) is 11.5 Å². The van der Waals surface area contributed by atoms with E-state index in [9.17, 15) is 0 Å². The standard InChI is InChI=1S/C13H16O3/c1-14-12-6-5-10(9-13(12)15-2)8-11-4-3-7-16-11/h3-6,9,11H,7-8H2,1-2H3/t11-/m1/s1. The highest BCUT2D eigenvalue weighted by Crippen LogP contribution is 2.28. The van der Waals surface area contributed by atoms with Crippen molar-refractivity contribution in [1.29, 1.82) is 0 Å². The summed E-state index contributed by atoms with van der Waals surface area (Å²) in [7, 11) is 3.29. The minimum Gasteiger partial charge on any atom is -0.493 e. The van der Waals surface area contributed by atoms with E-state index in [0.717, 1.165) is 24.5 Å². The molecule has 1 aromatic rings. The van der Waals surface area contributed by atoms with E-state index in [2.05, 4.69) is 6.08 Å². The van der Waals surface area contributed by atoms with E-state index in [-0.39, 0.29) is 6.10 Å². The average Bonchev–Trinajstić information content (AvgIpc) is 2.81. The van der Waals surface area contributed by atoms with Crippen molar-refractivity contribution >= 4 is 0 Å². The average molecular weight is 220 g/mol. The SMILES string of the molecule is COc1ccc(C[C@H]2C=CCO2)cc1OC. The lowest BCUT2D eigenvalue weighted by Gasteiger charge is -2.12. The molecule has 0 bridgehead atoms. The maximum absolute atomic E-state index is 5.50. The Morgan fingerprint density at radius 2 is 2.06 bits per heavy atom. The zero-order valence-corrected chi connectivity index (χ0v) is 9.60. The van der Waals surface area contributed by atoms with Crippen LogP contribution >= 0.6 is 0 Å². The molecule has 1 aliphatic rings. The molecule has 0 radical (unpaired) electrons. The summed E-state index contributed by atoms with van der Waals surface area (Å²) >= 11 is 0. The number of ether oxygens (including phenoxy) is 3. The molecule has 86 valence electrons. The minimum absolute atomic E-state index is 0.193. The van der Waals surface area contributed by atoms with Crippen molar-refractivity contribution < 1.29 is 14.2 Å². The number of rotatable bonds is 4. The van der Waals surface area contributed by atoms with Crippen LogP contribution in [0.2, 0.25) is 0 Å². The minimum atomic E-state index is 0.193. The van der Waals surface area contributed by atoms with Crippen molar-refractivity contribution in [2.75, 3.05) is 20.8 Å². The molecule has 1 atom stereocenters. The summed E-state index contributed by atoms with van der Waals surface area (Å²) in [6.07, 6.45) is 5.21. The summed E-state index contributed by atoms with van der Waals surface area (Å²) in [5.74, 6) is 1.52. The van der Waals surface area contributed by atoms with Gasteiger partial charge in [0.25, 0.3) is 0 Å². The third-order valence-corrected chi connectivity index (χ3v) is 2.64. The zero-order chi connectivity index (χ0) is 11.4. The molecule has 0 aromatic heterocycles. The number of methoxy groups -OCH3 is 2. The Hall–Kier alpha value is -1.48. The molecule has 0 spiro atoms. The highest BCUT2D eigenvalue weighted by atomic mass is 16.5. The molecule has 0 saturated carbocycles. The van der Waals surface area contributed by atoms with Gasteiger partial charge in [0.2, 0.25) is 0 Å². The fraction of sp³-hybridized carbons (Fsp3) is 0.385. The van der Waals surface area contributed by atoms with Crippen LogP contribution in [-0.4, -0.2) is 26.9 Å². The van der Waals surface area contributed by atoms with Crippen LogP contribution in [0, 0.1) is 0 Å². The Kier molecular flexibility index (Phi) is 3.47. The third kappa shape index (κ3) is 2.36. The van der Waals surface area contributed by atoms with Crippen LogP contribution in [-0.2, 0) is 11.2 Å². The van der Waals surface area contributed by atoms with Gasteiger partial charge in [0.05, 0.1) is 26.9 Å². The van der Waals surface area contributed by atoms with E-state index in [4.69, 9.17) is 14.2 Å². The van der Waals surface area contributed by atoms with Crippen molar-refractivity contribution in [2.24, 2.45) is 0 Å². The molecule has 0 unspecified atom stereocenters. The molecule has 3 nitrogen and oxygen atoms in total. The largest absolute Gasteiger partial charge is 0.493 e. The number of hydrogen-bond acceptors (Lipinski definition) is 3. The number of benzene rings is 1. The molecule has 0 saturated heterocycles. The maximum atomic E-state index is 5.50. The molecule has 2 rings (SSSR count). The first-order valence-electron chi connectivity index (χ1n) is 5.32. The van der Waals surface area contributed by atoms with Crippen molar-refractivity contribution in [2.45, 2.75) is 12.5 Å². The van der Waals surface area contributed by atoms with Crippen LogP contribution < -0.4 is 9.47 Å². The van der Waals surface area contributed by atoms with Crippen LogP contribution in [0.25, 0.3) is 0 Å². The van der Waals surface area contributed by atoms with E-state index >= 15 is 0 Å². The molecule has 3 heteroatoms. The summed E-state index contributed by atoms with van der Waals surface area (Å²) in [6.45, 7) is 0.720. The molecular formula is C13H16O3. The predicted molar refractivity (Wildman–Crippen MR) is 62.1 cm³/mol. The fourth-order valence-electron chi connectivity index (χ4n) is 1.81. The first kappa shape index (κ1) is 11.0. The van der Waals surface area contributed by atoms with Crippen LogP contribution in [0.15, 0.2) is 30.4 Å². The molecule has 1 aromatic carbocycles. The molecular weight excluding hydrogens is 204 g/mol. The Labute approximate surface area is 95.6 Å².